The molecule has 1 heterocycles. The van der Waals surface area contributed by atoms with E-state index < -0.39 is 0 Å². The van der Waals surface area contributed by atoms with Gasteiger partial charge in [-0.2, -0.15) is 0 Å². The molecule has 0 aromatic heterocycles. The molecule has 1 unspecified atom stereocenters. The van der Waals surface area contributed by atoms with Crippen LogP contribution < -0.4 is 5.73 Å². The van der Waals surface area contributed by atoms with Crippen LogP contribution in [0.2, 0.25) is 0 Å². The summed E-state index contributed by atoms with van der Waals surface area (Å²) in [4.78, 5) is 4.93. The maximum Gasteiger partial charge on any atom is 0.0295 e. The summed E-state index contributed by atoms with van der Waals surface area (Å²) in [5.74, 6) is 0.883. The standard InChI is InChI=1S/C18H31N3/c1-20-13-10-16(11-14-20)15-21(2)12-6-9-18(19)17-7-4-3-5-8-17/h3-5,7-8,16,18H,6,9-15,19H2,1-2H3. The van der Waals surface area contributed by atoms with Gasteiger partial charge in [0.05, 0.1) is 0 Å². The van der Waals surface area contributed by atoms with Crippen molar-refractivity contribution < 1.29 is 0 Å². The van der Waals surface area contributed by atoms with Gasteiger partial charge in [-0.05, 0) is 70.9 Å². The Morgan fingerprint density at radius 2 is 1.90 bits per heavy atom. The van der Waals surface area contributed by atoms with Crippen molar-refractivity contribution >= 4 is 0 Å². The Morgan fingerprint density at radius 1 is 1.24 bits per heavy atom. The fourth-order valence-corrected chi connectivity index (χ4v) is 3.22. The van der Waals surface area contributed by atoms with Crippen LogP contribution in [-0.4, -0.2) is 50.1 Å². The van der Waals surface area contributed by atoms with E-state index >= 15 is 0 Å². The van der Waals surface area contributed by atoms with E-state index in [1.807, 2.05) is 6.07 Å². The molecule has 1 aromatic rings. The summed E-state index contributed by atoms with van der Waals surface area (Å²) < 4.78 is 0. The summed E-state index contributed by atoms with van der Waals surface area (Å²) in [7, 11) is 4.48. The largest absolute Gasteiger partial charge is 0.324 e. The Balaban J connectivity index is 1.62. The van der Waals surface area contributed by atoms with Gasteiger partial charge in [0.15, 0.2) is 0 Å². The molecule has 3 nitrogen and oxygen atoms in total. The number of nitrogens with two attached hydrogens (primary N) is 1. The van der Waals surface area contributed by atoms with E-state index in [1.165, 1.54) is 44.5 Å². The highest BCUT2D eigenvalue weighted by atomic mass is 15.1. The lowest BCUT2D eigenvalue weighted by atomic mass is 9.96. The zero-order valence-electron chi connectivity index (χ0n) is 13.7. The molecule has 0 radical (unpaired) electrons. The van der Waals surface area contributed by atoms with Crippen LogP contribution >= 0.6 is 0 Å². The smallest absolute Gasteiger partial charge is 0.0295 e. The normalized spacial score (nSPS) is 19.0. The Morgan fingerprint density at radius 3 is 2.57 bits per heavy atom. The van der Waals surface area contributed by atoms with Crippen LogP contribution in [0.25, 0.3) is 0 Å². The van der Waals surface area contributed by atoms with E-state index in [1.54, 1.807) is 0 Å². The molecule has 3 heteroatoms. The third-order valence-electron chi connectivity index (χ3n) is 4.69. The van der Waals surface area contributed by atoms with Crippen LogP contribution in [0.15, 0.2) is 30.3 Å². The third-order valence-corrected chi connectivity index (χ3v) is 4.69. The third kappa shape index (κ3) is 5.77. The van der Waals surface area contributed by atoms with Crippen molar-refractivity contribution in [3.8, 4) is 0 Å². The van der Waals surface area contributed by atoms with Crippen molar-refractivity contribution in [2.75, 3.05) is 40.3 Å². The van der Waals surface area contributed by atoms with Crippen molar-refractivity contribution in [1.82, 2.24) is 9.80 Å². The minimum atomic E-state index is 0.183. The minimum absolute atomic E-state index is 0.183. The molecule has 1 aliphatic rings. The topological polar surface area (TPSA) is 32.5 Å². The number of hydrogen-bond donors (Lipinski definition) is 1. The van der Waals surface area contributed by atoms with Gasteiger partial charge in [-0.25, -0.2) is 0 Å². The summed E-state index contributed by atoms with van der Waals surface area (Å²) in [5, 5.41) is 0. The van der Waals surface area contributed by atoms with Gasteiger partial charge in [0.25, 0.3) is 0 Å². The van der Waals surface area contributed by atoms with E-state index in [0.717, 1.165) is 18.9 Å². The molecule has 0 bridgehead atoms. The molecule has 1 atom stereocenters. The molecule has 2 N–H and O–H groups in total. The Hall–Kier alpha value is -0.900. The molecular weight excluding hydrogens is 258 g/mol. The van der Waals surface area contributed by atoms with E-state index in [4.69, 9.17) is 5.73 Å². The first-order chi connectivity index (χ1) is 10.1. The molecule has 2 rings (SSSR count). The fourth-order valence-electron chi connectivity index (χ4n) is 3.22. The van der Waals surface area contributed by atoms with Crippen molar-refractivity contribution in [2.45, 2.75) is 31.7 Å². The molecule has 0 saturated carbocycles. The summed E-state index contributed by atoms with van der Waals surface area (Å²) in [5.41, 5.74) is 7.52. The number of rotatable bonds is 7. The number of likely N-dealkylation sites (tertiary alicyclic amines) is 1. The molecule has 1 fully saturated rings. The molecule has 1 aromatic carbocycles. The lowest BCUT2D eigenvalue weighted by Gasteiger charge is -2.31. The Bertz CT molecular complexity index is 385. The van der Waals surface area contributed by atoms with Gasteiger partial charge in [-0.1, -0.05) is 30.3 Å². The van der Waals surface area contributed by atoms with E-state index in [-0.39, 0.29) is 6.04 Å². The Kier molecular flexibility index (Phi) is 6.68. The van der Waals surface area contributed by atoms with Gasteiger partial charge in [-0.15, -0.1) is 0 Å². The average Bonchev–Trinajstić information content (AvgIpc) is 2.50. The first kappa shape index (κ1) is 16.5. The predicted molar refractivity (Wildman–Crippen MR) is 90.3 cm³/mol. The summed E-state index contributed by atoms with van der Waals surface area (Å²) >= 11 is 0. The van der Waals surface area contributed by atoms with Crippen molar-refractivity contribution in [1.29, 1.82) is 0 Å². The van der Waals surface area contributed by atoms with Gasteiger partial charge < -0.3 is 15.5 Å². The van der Waals surface area contributed by atoms with Gasteiger partial charge >= 0.3 is 0 Å². The highest BCUT2D eigenvalue weighted by molar-refractivity contribution is 5.18. The van der Waals surface area contributed by atoms with E-state index in [9.17, 15) is 0 Å². The number of nitrogens with zero attached hydrogens (tertiary/aromatic N) is 2. The second-order valence-electron chi connectivity index (χ2n) is 6.67. The molecule has 21 heavy (non-hydrogen) atoms. The predicted octanol–water partition coefficient (Wildman–Crippen LogP) is 2.74. The van der Waals surface area contributed by atoms with Crippen LogP contribution in [0.1, 0.15) is 37.3 Å². The maximum absolute atomic E-state index is 6.26. The second kappa shape index (κ2) is 8.52. The van der Waals surface area contributed by atoms with Crippen molar-refractivity contribution in [3.63, 3.8) is 0 Å². The highest BCUT2D eigenvalue weighted by Crippen LogP contribution is 2.18. The van der Waals surface area contributed by atoms with Crippen LogP contribution in [0.4, 0.5) is 0 Å². The lowest BCUT2D eigenvalue weighted by Crippen LogP contribution is -2.36. The lowest BCUT2D eigenvalue weighted by molar-refractivity contribution is 0.175. The summed E-state index contributed by atoms with van der Waals surface area (Å²) in [6.07, 6.45) is 4.95. The van der Waals surface area contributed by atoms with Crippen LogP contribution in [0.5, 0.6) is 0 Å². The molecule has 0 amide bonds. The Labute approximate surface area is 130 Å². The number of hydrogen-bond acceptors (Lipinski definition) is 3. The zero-order chi connectivity index (χ0) is 15.1. The number of piperidine rings is 1. The SMILES string of the molecule is CN1CCC(CN(C)CCCC(N)c2ccccc2)CC1. The van der Waals surface area contributed by atoms with Crippen molar-refractivity contribution in [3.05, 3.63) is 35.9 Å². The maximum atomic E-state index is 6.26. The quantitative estimate of drug-likeness (QED) is 0.838. The second-order valence-corrected chi connectivity index (χ2v) is 6.67. The summed E-state index contributed by atoms with van der Waals surface area (Å²) in [6, 6.07) is 10.6. The molecule has 1 aliphatic heterocycles. The van der Waals surface area contributed by atoms with E-state index in [0.29, 0.717) is 0 Å². The van der Waals surface area contributed by atoms with Crippen molar-refractivity contribution in [2.24, 2.45) is 11.7 Å². The fraction of sp³-hybridized carbons (Fsp3) is 0.667. The van der Waals surface area contributed by atoms with Gasteiger partial charge in [0.1, 0.15) is 0 Å². The molecular formula is C18H31N3. The molecule has 0 spiro atoms. The molecule has 0 aliphatic carbocycles. The van der Waals surface area contributed by atoms with Gasteiger partial charge in [-0.3, -0.25) is 0 Å². The molecule has 118 valence electrons. The minimum Gasteiger partial charge on any atom is -0.324 e. The van der Waals surface area contributed by atoms with Crippen LogP contribution in [-0.2, 0) is 0 Å². The average molecular weight is 289 g/mol. The van der Waals surface area contributed by atoms with Gasteiger partial charge in [0, 0.05) is 12.6 Å². The monoisotopic (exact) mass is 289 g/mol. The molecule has 1 saturated heterocycles. The first-order valence-electron chi connectivity index (χ1n) is 8.33. The first-order valence-corrected chi connectivity index (χ1v) is 8.33. The zero-order valence-corrected chi connectivity index (χ0v) is 13.7. The number of benzene rings is 1. The van der Waals surface area contributed by atoms with Crippen LogP contribution in [0, 0.1) is 5.92 Å². The van der Waals surface area contributed by atoms with Gasteiger partial charge in [0.2, 0.25) is 0 Å². The highest BCUT2D eigenvalue weighted by Gasteiger charge is 2.18. The van der Waals surface area contributed by atoms with E-state index in [2.05, 4.69) is 48.2 Å². The van der Waals surface area contributed by atoms with Crippen LogP contribution in [0.3, 0.4) is 0 Å². The summed E-state index contributed by atoms with van der Waals surface area (Å²) in [6.45, 7) is 4.93.